The van der Waals surface area contributed by atoms with Crippen LogP contribution in [0.3, 0.4) is 0 Å². The first-order valence-electron chi connectivity index (χ1n) is 30.8. The second kappa shape index (κ2) is 46.2. The number of nitrogens with zero attached hydrogens (tertiary/aromatic N) is 4. The molecule has 0 radical (unpaired) electrons. The van der Waals surface area contributed by atoms with Crippen molar-refractivity contribution in [3.05, 3.63) is 24.0 Å². The number of carboxylic acid groups (broad SMARTS) is 3. The number of sulfonamides is 1. The Labute approximate surface area is 514 Å². The Balaban J connectivity index is 1.50. The lowest BCUT2D eigenvalue weighted by Gasteiger charge is -2.16. The van der Waals surface area contributed by atoms with E-state index in [1.807, 2.05) is 4.72 Å². The molecule has 0 aliphatic carbocycles. The van der Waals surface area contributed by atoms with Gasteiger partial charge in [-0.3, -0.25) is 47.9 Å². The lowest BCUT2D eigenvalue weighted by atomic mass is 9.90. The Hall–Kier alpha value is -6.92. The fourth-order valence-corrected chi connectivity index (χ4v) is 10.5. The van der Waals surface area contributed by atoms with Crippen LogP contribution in [0, 0.1) is 11.8 Å². The van der Waals surface area contributed by atoms with Crippen molar-refractivity contribution in [2.45, 2.75) is 224 Å². The molecule has 496 valence electrons. The van der Waals surface area contributed by atoms with E-state index in [9.17, 15) is 76.5 Å². The van der Waals surface area contributed by atoms with Crippen molar-refractivity contribution in [3.8, 4) is 0 Å². The number of ether oxygens (including phenoxy) is 2. The standard InChI is InChI=1S/C58H95N11O18S/c1-41(70)42(36-50(73)47(59)37-44-38-60-40-62-44)19-15-16-30-61-52(74)29-24-43(56(78)79)35-46(72)26-28-49(58(82)83)64-55(77)39-87-33-32-86-31-17-20-45(71)25-27-48(57(80)81)63-53(75)23-18-34-88(84,85)67-54(76)22-14-12-10-8-6-4-2-3-5-7-9-11-13-21-51-65-68-69-66-51/h38,40,42-43,47-49H,2-37,39,59H2,1H3,(H,60,62)(H,61,74)(H,63,75)(H,64,77)(H,67,76)(H,78,79)(H,80,81)(H,82,83)(H,65,66,68,69)/t42-,43-,47+,48+,49+/m1/s1. The maximum absolute atomic E-state index is 12.7. The highest BCUT2D eigenvalue weighted by molar-refractivity contribution is 7.90. The molecule has 0 fully saturated rings. The minimum Gasteiger partial charge on any atom is -0.481 e. The van der Waals surface area contributed by atoms with E-state index < -0.39 is 106 Å². The number of nitrogens with one attached hydrogen (secondary N) is 6. The van der Waals surface area contributed by atoms with Crippen molar-refractivity contribution in [1.82, 2.24) is 51.3 Å². The summed E-state index contributed by atoms with van der Waals surface area (Å²) in [5, 5.41) is 50.1. The number of hydrogen-bond donors (Lipinski definition) is 10. The third-order valence-corrected chi connectivity index (χ3v) is 16.0. The number of ketones is 4. The van der Waals surface area contributed by atoms with Gasteiger partial charge in [0.25, 0.3) is 0 Å². The second-order valence-corrected chi connectivity index (χ2v) is 24.0. The predicted octanol–water partition coefficient (Wildman–Crippen LogP) is 3.70. The van der Waals surface area contributed by atoms with Gasteiger partial charge in [0.15, 0.2) is 11.6 Å². The Morgan fingerprint density at radius 1 is 0.591 bits per heavy atom. The number of tetrazole rings is 1. The Kier molecular flexibility index (Phi) is 40.5. The van der Waals surface area contributed by atoms with Crippen LogP contribution in [0.2, 0.25) is 0 Å². The summed E-state index contributed by atoms with van der Waals surface area (Å²) in [7, 11) is -4.01. The Morgan fingerprint density at radius 3 is 1.78 bits per heavy atom. The predicted molar refractivity (Wildman–Crippen MR) is 318 cm³/mol. The quantitative estimate of drug-likeness (QED) is 0.0422. The molecule has 29 nitrogen and oxygen atoms in total. The molecule has 88 heavy (non-hydrogen) atoms. The zero-order valence-electron chi connectivity index (χ0n) is 50.9. The zero-order chi connectivity index (χ0) is 65.0. The number of hydrogen-bond acceptors (Lipinski definition) is 20. The number of nitrogens with two attached hydrogens (primary N) is 1. The van der Waals surface area contributed by atoms with Gasteiger partial charge in [0.2, 0.25) is 33.7 Å². The molecule has 0 unspecified atom stereocenters. The molecule has 0 aliphatic heterocycles. The molecule has 2 aromatic rings. The summed E-state index contributed by atoms with van der Waals surface area (Å²) in [5.41, 5.74) is 6.72. The molecule has 0 saturated carbocycles. The Morgan fingerprint density at radius 2 is 1.19 bits per heavy atom. The van der Waals surface area contributed by atoms with Crippen molar-refractivity contribution < 1.29 is 86.0 Å². The van der Waals surface area contributed by atoms with E-state index in [2.05, 4.69) is 46.5 Å². The lowest BCUT2D eigenvalue weighted by molar-refractivity contribution is -0.145. The number of aromatic nitrogens is 6. The Bertz CT molecular complexity index is 2540. The minimum absolute atomic E-state index is 0.00127. The van der Waals surface area contributed by atoms with Crippen molar-refractivity contribution in [1.29, 1.82) is 0 Å². The van der Waals surface area contributed by atoms with Crippen LogP contribution in [-0.4, -0.2) is 176 Å². The molecule has 0 aromatic carbocycles. The van der Waals surface area contributed by atoms with Crippen LogP contribution in [0.25, 0.3) is 0 Å². The number of carbonyl (C=O) groups is 11. The van der Waals surface area contributed by atoms with Gasteiger partial charge in [-0.25, -0.2) is 23.0 Å². The summed E-state index contributed by atoms with van der Waals surface area (Å²) in [6.07, 6.45) is 17.4. The highest BCUT2D eigenvalue weighted by atomic mass is 32.2. The van der Waals surface area contributed by atoms with Crippen LogP contribution >= 0.6 is 0 Å². The number of amides is 4. The van der Waals surface area contributed by atoms with Gasteiger partial charge in [-0.05, 0) is 64.7 Å². The fourth-order valence-electron chi connectivity index (χ4n) is 9.43. The number of H-pyrrole nitrogens is 2. The number of rotatable bonds is 57. The molecule has 0 aliphatic rings. The number of aliphatic carboxylic acids is 3. The number of carbonyl (C=O) groups excluding carboxylic acids is 8. The normalized spacial score (nSPS) is 13.1. The van der Waals surface area contributed by atoms with Gasteiger partial charge in [-0.1, -0.05) is 82.3 Å². The van der Waals surface area contributed by atoms with E-state index in [0.29, 0.717) is 31.4 Å². The summed E-state index contributed by atoms with van der Waals surface area (Å²) in [5.74, 6) is -9.52. The second-order valence-electron chi connectivity index (χ2n) is 22.2. The monoisotopic (exact) mass is 1270 g/mol. The summed E-state index contributed by atoms with van der Waals surface area (Å²) < 4.78 is 37.6. The highest BCUT2D eigenvalue weighted by Gasteiger charge is 2.27. The molecule has 0 spiro atoms. The third-order valence-electron chi connectivity index (χ3n) is 14.6. The number of Topliss-reactive ketones (excluding diaryl/α,β-unsaturated/α-hetero) is 4. The van der Waals surface area contributed by atoms with Gasteiger partial charge >= 0.3 is 17.9 Å². The van der Waals surface area contributed by atoms with Crippen LogP contribution in [0.4, 0.5) is 0 Å². The van der Waals surface area contributed by atoms with Crippen LogP contribution in [0.5, 0.6) is 0 Å². The molecule has 2 aromatic heterocycles. The van der Waals surface area contributed by atoms with E-state index in [1.54, 1.807) is 6.20 Å². The fraction of sp³-hybridized carbons (Fsp3) is 0.741. The first-order chi connectivity index (χ1) is 42.0. The maximum atomic E-state index is 12.7. The SMILES string of the molecule is CC(=O)[C@H](CCCCNC(=O)CC[C@H](CC(=O)CC[C@H](NC(=O)COCCOCCCC(=O)CC[C@H](NC(=O)CCCS(=O)(=O)NC(=O)CCCCCCCCCCCCCCCc1nn[nH]n1)C(=O)O)C(=O)O)C(=O)O)CC(=O)[C@@H](N)Cc1cnc[nH]1. The van der Waals surface area contributed by atoms with Gasteiger partial charge < -0.3 is 51.5 Å². The van der Waals surface area contributed by atoms with Crippen molar-refractivity contribution in [3.63, 3.8) is 0 Å². The van der Waals surface area contributed by atoms with Crippen molar-refractivity contribution in [2.75, 3.05) is 38.7 Å². The molecule has 0 bridgehead atoms. The van der Waals surface area contributed by atoms with E-state index in [4.69, 9.17) is 15.2 Å². The van der Waals surface area contributed by atoms with Crippen LogP contribution in [-0.2, 0) is 85.1 Å². The van der Waals surface area contributed by atoms with Gasteiger partial charge in [0, 0.05) is 95.2 Å². The molecule has 0 saturated heterocycles. The first-order valence-corrected chi connectivity index (χ1v) is 32.4. The summed E-state index contributed by atoms with van der Waals surface area (Å²) in [4.78, 5) is 142. The first kappa shape index (κ1) is 77.2. The molecular weight excluding hydrogens is 1170 g/mol. The molecule has 4 amide bonds. The molecular formula is C58H95N11O18S. The molecule has 11 N–H and O–H groups in total. The van der Waals surface area contributed by atoms with E-state index >= 15 is 0 Å². The van der Waals surface area contributed by atoms with Crippen molar-refractivity contribution >= 4 is 74.7 Å². The lowest BCUT2D eigenvalue weighted by Crippen LogP contribution is -2.42. The van der Waals surface area contributed by atoms with Gasteiger partial charge in [0.05, 0.1) is 37.3 Å². The summed E-state index contributed by atoms with van der Waals surface area (Å²) in [6, 6.07) is -3.68. The molecule has 2 heterocycles. The van der Waals surface area contributed by atoms with Gasteiger partial charge in [-0.2, -0.15) is 5.21 Å². The smallest absolute Gasteiger partial charge is 0.326 e. The number of unbranched alkanes of at least 4 members (excludes halogenated alkanes) is 13. The highest BCUT2D eigenvalue weighted by Crippen LogP contribution is 2.19. The number of aryl methyl sites for hydroxylation is 1. The van der Waals surface area contributed by atoms with Crippen molar-refractivity contribution in [2.24, 2.45) is 17.6 Å². The number of aromatic amines is 2. The average Bonchev–Trinajstić information content (AvgIpc) is 4.37. The van der Waals surface area contributed by atoms with E-state index in [0.717, 1.165) is 57.2 Å². The molecule has 2 rings (SSSR count). The summed E-state index contributed by atoms with van der Waals surface area (Å²) in [6.45, 7) is 1.10. The van der Waals surface area contributed by atoms with Crippen LogP contribution in [0.15, 0.2) is 12.5 Å². The molecule has 30 heteroatoms. The number of carboxylic acids is 3. The van der Waals surface area contributed by atoms with Gasteiger partial charge in [0.1, 0.15) is 36.0 Å². The summed E-state index contributed by atoms with van der Waals surface area (Å²) >= 11 is 0. The average molecular weight is 1270 g/mol. The topological polar surface area (TPSA) is 458 Å². The minimum atomic E-state index is -4.01. The third kappa shape index (κ3) is 39.1. The largest absolute Gasteiger partial charge is 0.481 e. The van der Waals surface area contributed by atoms with Crippen LogP contribution < -0.4 is 26.4 Å². The molecule has 5 atom stereocenters. The van der Waals surface area contributed by atoms with E-state index in [-0.39, 0.29) is 127 Å². The van der Waals surface area contributed by atoms with Crippen LogP contribution in [0.1, 0.15) is 205 Å². The zero-order valence-corrected chi connectivity index (χ0v) is 51.8. The maximum Gasteiger partial charge on any atom is 0.326 e. The number of imidazole rings is 1. The van der Waals surface area contributed by atoms with E-state index in [1.165, 1.54) is 45.4 Å². The van der Waals surface area contributed by atoms with Gasteiger partial charge in [-0.15, -0.1) is 10.2 Å².